The highest BCUT2D eigenvalue weighted by Crippen LogP contribution is 2.47. The van der Waals surface area contributed by atoms with E-state index >= 15 is 0 Å². The van der Waals surface area contributed by atoms with E-state index in [1.54, 1.807) is 0 Å². The van der Waals surface area contributed by atoms with Crippen molar-refractivity contribution in [2.24, 2.45) is 5.41 Å². The summed E-state index contributed by atoms with van der Waals surface area (Å²) < 4.78 is 2.38. The van der Waals surface area contributed by atoms with Crippen molar-refractivity contribution in [2.45, 2.75) is 79.6 Å². The minimum atomic E-state index is 0.0129. The minimum Gasteiger partial charge on any atom is -0.347 e. The maximum atomic E-state index is 2.43. The molecule has 0 aromatic heterocycles. The quantitative estimate of drug-likeness (QED) is 0.446. The Labute approximate surface area is 196 Å². The third-order valence-electron chi connectivity index (χ3n) is 7.31. The fourth-order valence-electron chi connectivity index (χ4n) is 5.62. The van der Waals surface area contributed by atoms with E-state index in [1.165, 1.54) is 45.9 Å². The van der Waals surface area contributed by atoms with Crippen LogP contribution < -0.4 is 4.90 Å². The predicted molar refractivity (Wildman–Crippen MR) is 141 cm³/mol. The Hall–Kier alpha value is -2.35. The van der Waals surface area contributed by atoms with Gasteiger partial charge in [0.1, 0.15) is 7.05 Å². The molecular weight excluding hydrogens is 388 g/mol. The van der Waals surface area contributed by atoms with Crippen molar-refractivity contribution in [3.8, 4) is 0 Å². The number of aryl methyl sites for hydroxylation is 1. The second kappa shape index (κ2) is 9.25. The lowest BCUT2D eigenvalue weighted by Gasteiger charge is -2.24. The van der Waals surface area contributed by atoms with Crippen molar-refractivity contribution in [2.75, 3.05) is 19.0 Å². The molecule has 32 heavy (non-hydrogen) atoms. The van der Waals surface area contributed by atoms with Gasteiger partial charge < -0.3 is 4.90 Å². The lowest BCUT2D eigenvalue weighted by molar-refractivity contribution is -0.434. The summed E-state index contributed by atoms with van der Waals surface area (Å²) in [6.45, 7) is 15.7. The van der Waals surface area contributed by atoms with Gasteiger partial charge in [-0.1, -0.05) is 65.3 Å². The van der Waals surface area contributed by atoms with Crippen LogP contribution in [0.4, 0.5) is 5.69 Å². The van der Waals surface area contributed by atoms with E-state index in [-0.39, 0.29) is 10.8 Å². The third kappa shape index (κ3) is 3.93. The van der Waals surface area contributed by atoms with Gasteiger partial charge in [-0.15, -0.1) is 0 Å². The van der Waals surface area contributed by atoms with E-state index < -0.39 is 0 Å². The number of rotatable bonds is 4. The number of hydrogen-bond donors (Lipinski definition) is 0. The van der Waals surface area contributed by atoms with E-state index in [9.17, 15) is 0 Å². The standard InChI is InChI=1S/C28H37N2.C2H6/c1-8-12-20-17-18-24-22(19-20)28(4,5)26(30(24)7)16-11-15-25-27(2,3)21-13-9-10-14-23(21)29(25)6;1-2/h11,13-19H,8-10,12H2,1-7H3;1-2H3/q+1;. The van der Waals surface area contributed by atoms with Gasteiger partial charge in [-0.2, -0.15) is 4.58 Å². The molecule has 3 aliphatic rings. The van der Waals surface area contributed by atoms with Gasteiger partial charge in [0, 0.05) is 35.5 Å². The topological polar surface area (TPSA) is 6.25 Å². The Kier molecular flexibility index (Phi) is 7.03. The molecule has 172 valence electrons. The fourth-order valence-corrected chi connectivity index (χ4v) is 5.62. The largest absolute Gasteiger partial charge is 0.347 e. The summed E-state index contributed by atoms with van der Waals surface area (Å²) in [5.74, 6) is 0. The molecule has 0 radical (unpaired) electrons. The second-order valence-electron chi connectivity index (χ2n) is 10.1. The maximum absolute atomic E-state index is 2.43. The minimum absolute atomic E-state index is 0.0129. The van der Waals surface area contributed by atoms with E-state index in [4.69, 9.17) is 0 Å². The van der Waals surface area contributed by atoms with Crippen LogP contribution in [0.25, 0.3) is 0 Å². The van der Waals surface area contributed by atoms with Crippen LogP contribution in [0.1, 0.15) is 78.9 Å². The smallest absolute Gasteiger partial charge is 0.205 e. The van der Waals surface area contributed by atoms with Gasteiger partial charge in [0.2, 0.25) is 5.70 Å². The average Bonchev–Trinajstić information content (AvgIpc) is 3.09. The summed E-state index contributed by atoms with van der Waals surface area (Å²) in [7, 11) is 4.42. The van der Waals surface area contributed by atoms with Crippen molar-refractivity contribution >= 4 is 11.4 Å². The first-order chi connectivity index (χ1) is 15.2. The molecule has 0 atom stereocenters. The molecule has 0 bridgehead atoms. The molecule has 1 aromatic carbocycles. The predicted octanol–water partition coefficient (Wildman–Crippen LogP) is 7.56. The van der Waals surface area contributed by atoms with Crippen LogP contribution in [0.5, 0.6) is 0 Å². The zero-order valence-corrected chi connectivity index (χ0v) is 21.8. The molecule has 4 rings (SSSR count). The Balaban J connectivity index is 0.00000141. The van der Waals surface area contributed by atoms with Crippen LogP contribution in [0.3, 0.4) is 0 Å². The first-order valence-electron chi connectivity index (χ1n) is 12.5. The molecule has 0 unspecified atom stereocenters. The molecule has 0 amide bonds. The average molecular weight is 432 g/mol. The SMILES string of the molecule is CC.CCCc1ccc2c(c1)C(C)(C)/C(=C\C=C\C1=[N+](C)C3=CCCC=C3C1(C)C)N2C. The van der Waals surface area contributed by atoms with Crippen molar-refractivity contribution in [1.82, 2.24) is 0 Å². The molecular formula is C30H43N2+. The van der Waals surface area contributed by atoms with E-state index in [2.05, 4.69) is 107 Å². The zero-order valence-electron chi connectivity index (χ0n) is 21.8. The van der Waals surface area contributed by atoms with Gasteiger partial charge in [-0.05, 0) is 62.5 Å². The number of nitrogens with zero attached hydrogens (tertiary/aromatic N) is 2. The summed E-state index contributed by atoms with van der Waals surface area (Å²) in [6, 6.07) is 7.02. The van der Waals surface area contributed by atoms with Gasteiger partial charge in [0.15, 0.2) is 5.71 Å². The summed E-state index contributed by atoms with van der Waals surface area (Å²) in [5.41, 5.74) is 9.92. The number of hydrogen-bond acceptors (Lipinski definition) is 1. The van der Waals surface area contributed by atoms with Crippen LogP contribution in [0.2, 0.25) is 0 Å². The van der Waals surface area contributed by atoms with Crippen LogP contribution in [0.15, 0.2) is 65.5 Å². The highest BCUT2D eigenvalue weighted by Gasteiger charge is 2.46. The Morgan fingerprint density at radius 3 is 2.38 bits per heavy atom. The maximum Gasteiger partial charge on any atom is 0.205 e. The molecule has 2 heterocycles. The highest BCUT2D eigenvalue weighted by atomic mass is 15.2. The fraction of sp³-hybridized carbons (Fsp3) is 0.500. The first kappa shape index (κ1) is 24.3. The number of likely N-dealkylation sites (N-methyl/N-ethyl adjacent to an activating group) is 2. The van der Waals surface area contributed by atoms with Gasteiger partial charge in [-0.25, -0.2) is 0 Å². The lowest BCUT2D eigenvalue weighted by atomic mass is 9.78. The van der Waals surface area contributed by atoms with Crippen LogP contribution in [0, 0.1) is 5.41 Å². The Morgan fingerprint density at radius 2 is 1.72 bits per heavy atom. The van der Waals surface area contributed by atoms with Crippen LogP contribution >= 0.6 is 0 Å². The molecule has 0 spiro atoms. The normalized spacial score (nSPS) is 21.9. The highest BCUT2D eigenvalue weighted by molar-refractivity contribution is 6.00. The molecule has 0 saturated carbocycles. The van der Waals surface area contributed by atoms with Gasteiger partial charge in [-0.3, -0.25) is 0 Å². The summed E-state index contributed by atoms with van der Waals surface area (Å²) in [4.78, 5) is 2.37. The van der Waals surface area contributed by atoms with Crippen molar-refractivity contribution in [1.29, 1.82) is 0 Å². The Bertz CT molecular complexity index is 1020. The van der Waals surface area contributed by atoms with E-state index in [0.29, 0.717) is 0 Å². The molecule has 2 aliphatic heterocycles. The second-order valence-corrected chi connectivity index (χ2v) is 10.1. The van der Waals surface area contributed by atoms with Crippen LogP contribution in [-0.4, -0.2) is 24.4 Å². The first-order valence-corrected chi connectivity index (χ1v) is 12.5. The van der Waals surface area contributed by atoms with Crippen molar-refractivity contribution < 1.29 is 4.58 Å². The third-order valence-corrected chi connectivity index (χ3v) is 7.31. The number of anilines is 1. The Morgan fingerprint density at radius 1 is 1.03 bits per heavy atom. The number of allylic oxidation sites excluding steroid dienone is 7. The van der Waals surface area contributed by atoms with E-state index in [1.807, 2.05) is 13.8 Å². The summed E-state index contributed by atoms with van der Waals surface area (Å²) >= 11 is 0. The molecule has 0 fully saturated rings. The molecule has 0 saturated heterocycles. The summed E-state index contributed by atoms with van der Waals surface area (Å²) in [5, 5.41) is 0. The van der Waals surface area contributed by atoms with Gasteiger partial charge in [0.05, 0.1) is 5.41 Å². The van der Waals surface area contributed by atoms with Gasteiger partial charge in [0.25, 0.3) is 0 Å². The monoisotopic (exact) mass is 431 g/mol. The molecule has 2 heteroatoms. The van der Waals surface area contributed by atoms with Crippen molar-refractivity contribution in [3.05, 3.63) is 76.7 Å². The lowest BCUT2D eigenvalue weighted by Crippen LogP contribution is -2.23. The van der Waals surface area contributed by atoms with E-state index in [0.717, 1.165) is 19.3 Å². The van der Waals surface area contributed by atoms with Gasteiger partial charge >= 0.3 is 0 Å². The molecule has 1 aliphatic carbocycles. The zero-order chi connectivity index (χ0) is 23.7. The summed E-state index contributed by atoms with van der Waals surface area (Å²) in [6.07, 6.45) is 16.4. The van der Waals surface area contributed by atoms with Crippen LogP contribution in [-0.2, 0) is 11.8 Å². The molecule has 0 N–H and O–H groups in total. The van der Waals surface area contributed by atoms with Crippen molar-refractivity contribution in [3.63, 3.8) is 0 Å². The molecule has 2 nitrogen and oxygen atoms in total. The molecule has 1 aromatic rings. The number of benzene rings is 1. The number of fused-ring (bicyclic) bond motifs is 2.